The molecular weight excluding hydrogens is 274 g/mol. The van der Waals surface area contributed by atoms with Crippen LogP contribution in [0.3, 0.4) is 0 Å². The van der Waals surface area contributed by atoms with Gasteiger partial charge in [-0.1, -0.05) is 0 Å². The molecule has 5 heteroatoms. The first-order valence-electron chi connectivity index (χ1n) is 8.93. The average Bonchev–Trinajstić information content (AvgIpc) is 3.22. The van der Waals surface area contributed by atoms with Gasteiger partial charge in [0.05, 0.1) is 6.54 Å². The summed E-state index contributed by atoms with van der Waals surface area (Å²) in [5.41, 5.74) is 0. The summed E-state index contributed by atoms with van der Waals surface area (Å²) in [7, 11) is 0. The van der Waals surface area contributed by atoms with Crippen molar-refractivity contribution in [3.8, 4) is 0 Å². The highest BCUT2D eigenvalue weighted by atomic mass is 15.4. The van der Waals surface area contributed by atoms with E-state index in [1.165, 1.54) is 57.9 Å². The summed E-state index contributed by atoms with van der Waals surface area (Å²) in [5.74, 6) is 1.27. The van der Waals surface area contributed by atoms with E-state index in [4.69, 9.17) is 0 Å². The molecule has 3 heterocycles. The third kappa shape index (κ3) is 2.94. The van der Waals surface area contributed by atoms with Gasteiger partial charge in [-0.05, 0) is 26.7 Å². The Kier molecular flexibility index (Phi) is 3.96. The molecule has 0 N–H and O–H groups in total. The van der Waals surface area contributed by atoms with Gasteiger partial charge in [-0.3, -0.25) is 14.7 Å². The molecule has 0 unspecified atom stereocenters. The Balaban J connectivity index is 1.24. The molecule has 0 spiro atoms. The van der Waals surface area contributed by atoms with Crippen molar-refractivity contribution >= 4 is 0 Å². The predicted octanol–water partition coefficient (Wildman–Crippen LogP) is 1.43. The molecule has 122 valence electrons. The van der Waals surface area contributed by atoms with Gasteiger partial charge in [0.2, 0.25) is 0 Å². The van der Waals surface area contributed by atoms with Crippen molar-refractivity contribution in [3.05, 3.63) is 18.2 Å². The number of nitrogens with zero attached hydrogens (tertiary/aromatic N) is 5. The summed E-state index contributed by atoms with van der Waals surface area (Å²) >= 11 is 0. The minimum Gasteiger partial charge on any atom is -0.331 e. The summed E-state index contributed by atoms with van der Waals surface area (Å²) in [4.78, 5) is 12.4. The van der Waals surface area contributed by atoms with Crippen LogP contribution in [0.5, 0.6) is 0 Å². The number of hydrogen-bond acceptors (Lipinski definition) is 4. The van der Waals surface area contributed by atoms with Gasteiger partial charge in [0.15, 0.2) is 0 Å². The molecule has 1 aromatic heterocycles. The fraction of sp³-hybridized carbons (Fsp3) is 0.824. The summed E-state index contributed by atoms with van der Waals surface area (Å²) in [6.45, 7) is 13.1. The first-order chi connectivity index (χ1) is 10.7. The van der Waals surface area contributed by atoms with Gasteiger partial charge in [0, 0.05) is 69.8 Å². The Morgan fingerprint density at radius 3 is 2.45 bits per heavy atom. The summed E-state index contributed by atoms with van der Waals surface area (Å²) in [5, 5.41) is 0. The molecule has 22 heavy (non-hydrogen) atoms. The van der Waals surface area contributed by atoms with Crippen molar-refractivity contribution in [2.24, 2.45) is 0 Å². The van der Waals surface area contributed by atoms with Crippen LogP contribution in [-0.2, 0) is 6.54 Å². The molecule has 3 aliphatic rings. The Morgan fingerprint density at radius 1 is 1.09 bits per heavy atom. The van der Waals surface area contributed by atoms with Crippen LogP contribution in [0.4, 0.5) is 0 Å². The van der Waals surface area contributed by atoms with Crippen molar-refractivity contribution in [2.45, 2.75) is 51.4 Å². The lowest BCUT2D eigenvalue weighted by atomic mass is 10.1. The average molecular weight is 303 g/mol. The van der Waals surface area contributed by atoms with Crippen LogP contribution in [0, 0.1) is 0 Å². The Labute approximate surface area is 133 Å². The predicted molar refractivity (Wildman–Crippen MR) is 87.8 cm³/mol. The molecular formula is C17H29N5. The largest absolute Gasteiger partial charge is 0.331 e. The first kappa shape index (κ1) is 14.7. The molecule has 0 aromatic carbocycles. The van der Waals surface area contributed by atoms with E-state index in [9.17, 15) is 0 Å². The second kappa shape index (κ2) is 5.95. The van der Waals surface area contributed by atoms with Gasteiger partial charge < -0.3 is 4.57 Å². The van der Waals surface area contributed by atoms with E-state index in [0.717, 1.165) is 18.6 Å². The van der Waals surface area contributed by atoms with Crippen LogP contribution >= 0.6 is 0 Å². The fourth-order valence-electron chi connectivity index (χ4n) is 3.87. The molecule has 5 nitrogen and oxygen atoms in total. The maximum atomic E-state index is 4.57. The van der Waals surface area contributed by atoms with Gasteiger partial charge in [-0.25, -0.2) is 4.98 Å². The number of likely N-dealkylation sites (tertiary alicyclic amines) is 1. The van der Waals surface area contributed by atoms with Crippen LogP contribution in [0.1, 0.15) is 38.6 Å². The lowest BCUT2D eigenvalue weighted by Gasteiger charge is -2.48. The van der Waals surface area contributed by atoms with Gasteiger partial charge >= 0.3 is 0 Å². The van der Waals surface area contributed by atoms with Crippen LogP contribution in [0.25, 0.3) is 0 Å². The SMILES string of the molecule is CC(C)N1CCN(C2CN(Cc3nccn3C3CC3)C2)CC1. The number of hydrogen-bond donors (Lipinski definition) is 0. The van der Waals surface area contributed by atoms with Gasteiger partial charge in [-0.15, -0.1) is 0 Å². The minimum atomic E-state index is 0.696. The van der Waals surface area contributed by atoms with Crippen LogP contribution in [0.15, 0.2) is 12.4 Å². The molecule has 3 fully saturated rings. The third-order valence-corrected chi connectivity index (χ3v) is 5.59. The van der Waals surface area contributed by atoms with Crippen LogP contribution in [-0.4, -0.2) is 75.6 Å². The molecule has 0 amide bonds. The molecule has 1 aliphatic carbocycles. The molecule has 2 aliphatic heterocycles. The van der Waals surface area contributed by atoms with Crippen molar-refractivity contribution in [3.63, 3.8) is 0 Å². The maximum Gasteiger partial charge on any atom is 0.123 e. The van der Waals surface area contributed by atoms with E-state index in [-0.39, 0.29) is 0 Å². The lowest BCUT2D eigenvalue weighted by Crippen LogP contribution is -2.63. The molecule has 4 rings (SSSR count). The van der Waals surface area contributed by atoms with Crippen molar-refractivity contribution < 1.29 is 0 Å². The lowest BCUT2D eigenvalue weighted by molar-refractivity contribution is -0.00554. The normalized spacial score (nSPS) is 25.8. The highest BCUT2D eigenvalue weighted by molar-refractivity contribution is 5.01. The quantitative estimate of drug-likeness (QED) is 0.822. The van der Waals surface area contributed by atoms with E-state index in [0.29, 0.717) is 6.04 Å². The Morgan fingerprint density at radius 2 is 1.82 bits per heavy atom. The zero-order valence-corrected chi connectivity index (χ0v) is 14.0. The van der Waals surface area contributed by atoms with Gasteiger partial charge in [-0.2, -0.15) is 0 Å². The molecule has 0 radical (unpaired) electrons. The molecule has 1 saturated carbocycles. The monoisotopic (exact) mass is 303 g/mol. The van der Waals surface area contributed by atoms with E-state index in [2.05, 4.69) is 44.3 Å². The fourth-order valence-corrected chi connectivity index (χ4v) is 3.87. The van der Waals surface area contributed by atoms with Crippen molar-refractivity contribution in [1.82, 2.24) is 24.3 Å². The van der Waals surface area contributed by atoms with Crippen molar-refractivity contribution in [2.75, 3.05) is 39.3 Å². The molecule has 1 aromatic rings. The number of piperazine rings is 1. The number of aromatic nitrogens is 2. The van der Waals surface area contributed by atoms with E-state index in [1.807, 2.05) is 6.20 Å². The number of rotatable bonds is 5. The summed E-state index contributed by atoms with van der Waals surface area (Å²) in [6.07, 6.45) is 6.81. The van der Waals surface area contributed by atoms with Crippen molar-refractivity contribution in [1.29, 1.82) is 0 Å². The zero-order chi connectivity index (χ0) is 15.1. The number of imidazole rings is 1. The van der Waals surface area contributed by atoms with E-state index >= 15 is 0 Å². The minimum absolute atomic E-state index is 0.696. The van der Waals surface area contributed by atoms with Crippen LogP contribution < -0.4 is 0 Å². The topological polar surface area (TPSA) is 27.5 Å². The molecule has 0 bridgehead atoms. The van der Waals surface area contributed by atoms with Gasteiger partial charge in [0.25, 0.3) is 0 Å². The van der Waals surface area contributed by atoms with E-state index in [1.54, 1.807) is 0 Å². The summed E-state index contributed by atoms with van der Waals surface area (Å²) < 4.78 is 2.40. The maximum absolute atomic E-state index is 4.57. The zero-order valence-electron chi connectivity index (χ0n) is 14.0. The highest BCUT2D eigenvalue weighted by Gasteiger charge is 2.35. The Bertz CT molecular complexity index is 493. The van der Waals surface area contributed by atoms with E-state index < -0.39 is 0 Å². The second-order valence-electron chi connectivity index (χ2n) is 7.50. The molecule has 0 atom stereocenters. The highest BCUT2D eigenvalue weighted by Crippen LogP contribution is 2.36. The third-order valence-electron chi connectivity index (χ3n) is 5.59. The Hall–Kier alpha value is -0.910. The van der Waals surface area contributed by atoms with Crippen LogP contribution in [0.2, 0.25) is 0 Å². The summed E-state index contributed by atoms with van der Waals surface area (Å²) in [6, 6.07) is 2.22. The first-order valence-corrected chi connectivity index (χ1v) is 8.93. The smallest absolute Gasteiger partial charge is 0.123 e. The standard InChI is InChI=1S/C17H29N5/c1-14(2)20-7-9-21(10-8-20)16-11-19(12-16)13-17-18-5-6-22(17)15-3-4-15/h5-6,14-16H,3-4,7-13H2,1-2H3. The second-order valence-corrected chi connectivity index (χ2v) is 7.50. The molecule has 2 saturated heterocycles. The van der Waals surface area contributed by atoms with Gasteiger partial charge in [0.1, 0.15) is 5.82 Å².